The fourth-order valence-electron chi connectivity index (χ4n) is 5.47. The first-order valence-electron chi connectivity index (χ1n) is 12.8. The average Bonchev–Trinajstić information content (AvgIpc) is 3.53. The zero-order valence-electron chi connectivity index (χ0n) is 21.2. The van der Waals surface area contributed by atoms with E-state index >= 15 is 0 Å². The number of piperidine rings is 1. The molecule has 200 valence electrons. The zero-order chi connectivity index (χ0) is 26.4. The number of halogens is 3. The summed E-state index contributed by atoms with van der Waals surface area (Å²) in [7, 11) is 0. The molecule has 6 heterocycles. The third-order valence-corrected chi connectivity index (χ3v) is 7.37. The number of anilines is 1. The van der Waals surface area contributed by atoms with E-state index in [0.717, 1.165) is 24.8 Å². The Bertz CT molecular complexity index is 1460. The van der Waals surface area contributed by atoms with Gasteiger partial charge in [-0.3, -0.25) is 4.68 Å². The Morgan fingerprint density at radius 3 is 2.82 bits per heavy atom. The molecule has 0 radical (unpaired) electrons. The topological polar surface area (TPSA) is 96.8 Å². The maximum Gasteiger partial charge on any atom is 0.435 e. The fraction of sp³-hybridized carbons (Fsp3) is 0.462. The molecule has 0 saturated carbocycles. The smallest absolute Gasteiger partial charge is 0.377 e. The van der Waals surface area contributed by atoms with Gasteiger partial charge in [0.1, 0.15) is 11.5 Å². The number of ether oxygens (including phenoxy) is 1. The van der Waals surface area contributed by atoms with Gasteiger partial charge in [0.05, 0.1) is 36.6 Å². The van der Waals surface area contributed by atoms with Gasteiger partial charge in [-0.25, -0.2) is 15.0 Å². The number of H-pyrrole nitrogens is 1. The molecule has 2 fully saturated rings. The summed E-state index contributed by atoms with van der Waals surface area (Å²) in [6.07, 6.45) is 0.411. The minimum absolute atomic E-state index is 0.00304. The van der Waals surface area contributed by atoms with E-state index in [4.69, 9.17) is 14.7 Å². The third kappa shape index (κ3) is 4.41. The zero-order valence-corrected chi connectivity index (χ0v) is 21.2. The second-order valence-corrected chi connectivity index (χ2v) is 9.90. The lowest BCUT2D eigenvalue weighted by Crippen LogP contribution is -2.44. The number of rotatable bonds is 4. The van der Waals surface area contributed by atoms with E-state index < -0.39 is 11.9 Å². The van der Waals surface area contributed by atoms with Crippen LogP contribution in [0, 0.1) is 6.92 Å². The van der Waals surface area contributed by atoms with Crippen LogP contribution in [0.3, 0.4) is 0 Å². The molecule has 2 N–H and O–H groups in total. The predicted molar refractivity (Wildman–Crippen MR) is 137 cm³/mol. The molecular formula is C26H29F3N8O. The highest BCUT2D eigenvalue weighted by Crippen LogP contribution is 2.41. The van der Waals surface area contributed by atoms with Crippen LogP contribution in [-0.2, 0) is 10.9 Å². The van der Waals surface area contributed by atoms with Crippen LogP contribution >= 0.6 is 0 Å². The van der Waals surface area contributed by atoms with Gasteiger partial charge in [-0.1, -0.05) is 0 Å². The Kier molecular flexibility index (Phi) is 6.31. The van der Waals surface area contributed by atoms with E-state index in [1.54, 1.807) is 31.5 Å². The Morgan fingerprint density at radius 2 is 2.05 bits per heavy atom. The quantitative estimate of drug-likeness (QED) is 0.408. The van der Waals surface area contributed by atoms with Crippen LogP contribution in [0.25, 0.3) is 33.7 Å². The van der Waals surface area contributed by atoms with Crippen molar-refractivity contribution in [3.63, 3.8) is 0 Å². The molecule has 0 aromatic carbocycles. The van der Waals surface area contributed by atoms with Gasteiger partial charge in [-0.05, 0) is 45.4 Å². The van der Waals surface area contributed by atoms with E-state index in [-0.39, 0.29) is 23.3 Å². The van der Waals surface area contributed by atoms with Gasteiger partial charge in [0, 0.05) is 48.2 Å². The molecule has 2 atom stereocenters. The molecule has 38 heavy (non-hydrogen) atoms. The van der Waals surface area contributed by atoms with Gasteiger partial charge in [-0.2, -0.15) is 18.3 Å². The summed E-state index contributed by atoms with van der Waals surface area (Å²) in [5.41, 5.74) is 1.06. The van der Waals surface area contributed by atoms with Crippen molar-refractivity contribution >= 4 is 16.9 Å². The molecule has 0 bridgehead atoms. The molecule has 1 unspecified atom stereocenters. The van der Waals surface area contributed by atoms with Crippen LogP contribution in [0.5, 0.6) is 0 Å². The van der Waals surface area contributed by atoms with E-state index in [2.05, 4.69) is 25.3 Å². The third-order valence-electron chi connectivity index (χ3n) is 7.37. The van der Waals surface area contributed by atoms with Crippen molar-refractivity contribution in [1.29, 1.82) is 0 Å². The lowest BCUT2D eigenvalue weighted by Gasteiger charge is -2.34. The van der Waals surface area contributed by atoms with Crippen LogP contribution < -0.4 is 10.2 Å². The first kappa shape index (κ1) is 24.8. The highest BCUT2D eigenvalue weighted by molar-refractivity contribution is 5.91. The summed E-state index contributed by atoms with van der Waals surface area (Å²) in [5.74, 6) is 0.892. The lowest BCUT2D eigenvalue weighted by molar-refractivity contribution is -0.141. The van der Waals surface area contributed by atoms with Crippen LogP contribution in [0.4, 0.5) is 19.0 Å². The summed E-state index contributed by atoms with van der Waals surface area (Å²) in [6, 6.07) is 5.16. The van der Waals surface area contributed by atoms with E-state index in [0.29, 0.717) is 54.9 Å². The van der Waals surface area contributed by atoms with E-state index in [1.165, 1.54) is 4.68 Å². The van der Waals surface area contributed by atoms with Crippen molar-refractivity contribution in [3.8, 4) is 22.6 Å². The van der Waals surface area contributed by atoms with Crippen molar-refractivity contribution in [1.82, 2.24) is 35.0 Å². The summed E-state index contributed by atoms with van der Waals surface area (Å²) in [4.78, 5) is 19.1. The summed E-state index contributed by atoms with van der Waals surface area (Å²) in [6.45, 7) is 6.73. The molecule has 0 spiro atoms. The van der Waals surface area contributed by atoms with Gasteiger partial charge in [-0.15, -0.1) is 0 Å². The number of hydrogen-bond acceptors (Lipinski definition) is 7. The molecule has 0 amide bonds. The standard InChI is InChI=1S/C26H29F3N8O/c1-15-14-38-11-10-36(15)21-12-20(33-25(34-21)19-6-9-32-24-18(19)5-8-31-24)22-16(2)37(17-4-3-7-30-13-17)35-23(22)26(27,28)29/h5-6,8-9,12,15,17,30H,3-4,7,10-11,13-14H2,1-2H3,(H,31,32)/t15-,17?/m1/s1. The SMILES string of the molecule is Cc1c(-c2cc(N3CCOC[C@H]3C)nc(-c3ccnc4[nH]ccc34)n2)c(C(F)(F)F)nn1C1CCCNC1. The summed E-state index contributed by atoms with van der Waals surface area (Å²) >= 11 is 0. The molecule has 2 aliphatic rings. The van der Waals surface area contributed by atoms with Gasteiger partial charge >= 0.3 is 6.18 Å². The first-order chi connectivity index (χ1) is 18.3. The normalized spacial score (nSPS) is 20.8. The van der Waals surface area contributed by atoms with Crippen LogP contribution in [-0.4, -0.2) is 68.6 Å². The number of aromatic nitrogens is 6. The van der Waals surface area contributed by atoms with Crippen molar-refractivity contribution in [2.24, 2.45) is 0 Å². The second kappa shape index (κ2) is 9.66. The minimum atomic E-state index is -4.64. The number of fused-ring (bicyclic) bond motifs is 1. The Morgan fingerprint density at radius 1 is 1.18 bits per heavy atom. The predicted octanol–water partition coefficient (Wildman–Crippen LogP) is 4.36. The van der Waals surface area contributed by atoms with Crippen molar-refractivity contribution in [3.05, 3.63) is 42.0 Å². The maximum atomic E-state index is 14.4. The fourth-order valence-corrected chi connectivity index (χ4v) is 5.47. The number of aromatic amines is 1. The minimum Gasteiger partial charge on any atom is -0.377 e. The molecule has 2 saturated heterocycles. The van der Waals surface area contributed by atoms with E-state index in [9.17, 15) is 13.2 Å². The highest BCUT2D eigenvalue weighted by Gasteiger charge is 2.41. The largest absolute Gasteiger partial charge is 0.435 e. The lowest BCUT2D eigenvalue weighted by atomic mass is 10.1. The van der Waals surface area contributed by atoms with Crippen LogP contribution in [0.15, 0.2) is 30.6 Å². The highest BCUT2D eigenvalue weighted by atomic mass is 19.4. The number of nitrogens with zero attached hydrogens (tertiary/aromatic N) is 6. The van der Waals surface area contributed by atoms with Crippen LogP contribution in [0.1, 0.15) is 37.2 Å². The monoisotopic (exact) mass is 526 g/mol. The van der Waals surface area contributed by atoms with Gasteiger partial charge < -0.3 is 19.9 Å². The van der Waals surface area contributed by atoms with Crippen molar-refractivity contribution < 1.29 is 17.9 Å². The number of alkyl halides is 3. The number of pyridine rings is 1. The Labute approximate surface area is 217 Å². The molecule has 9 nitrogen and oxygen atoms in total. The molecule has 6 rings (SSSR count). The van der Waals surface area contributed by atoms with Crippen molar-refractivity contribution in [2.75, 3.05) is 37.7 Å². The molecule has 4 aromatic rings. The van der Waals surface area contributed by atoms with Gasteiger partial charge in [0.15, 0.2) is 11.5 Å². The second-order valence-electron chi connectivity index (χ2n) is 9.90. The summed E-state index contributed by atoms with van der Waals surface area (Å²) < 4.78 is 50.4. The van der Waals surface area contributed by atoms with Crippen molar-refractivity contribution in [2.45, 2.75) is 44.9 Å². The molecule has 2 aliphatic heterocycles. The van der Waals surface area contributed by atoms with E-state index in [1.807, 2.05) is 13.0 Å². The molecule has 0 aliphatic carbocycles. The van der Waals surface area contributed by atoms with Gasteiger partial charge in [0.2, 0.25) is 0 Å². The average molecular weight is 527 g/mol. The summed E-state index contributed by atoms with van der Waals surface area (Å²) in [5, 5.41) is 8.19. The first-order valence-corrected chi connectivity index (χ1v) is 12.8. The number of nitrogens with one attached hydrogen (secondary N) is 2. The number of hydrogen-bond donors (Lipinski definition) is 2. The Hall–Kier alpha value is -3.51. The molecular weight excluding hydrogens is 497 g/mol. The maximum absolute atomic E-state index is 14.4. The number of morpholine rings is 1. The molecule has 4 aromatic heterocycles. The molecule has 12 heteroatoms. The van der Waals surface area contributed by atoms with Gasteiger partial charge in [0.25, 0.3) is 0 Å². The Balaban J connectivity index is 1.57. The van der Waals surface area contributed by atoms with Crippen LogP contribution in [0.2, 0.25) is 0 Å².